The number of halogens is 1. The van der Waals surface area contributed by atoms with Crippen LogP contribution in [0.2, 0.25) is 0 Å². The molecule has 1 aliphatic rings. The first-order valence-electron chi connectivity index (χ1n) is 9.88. The predicted octanol–water partition coefficient (Wildman–Crippen LogP) is 5.81. The predicted molar refractivity (Wildman–Crippen MR) is 129 cm³/mol. The fraction of sp³-hybridized carbons (Fsp3) is 0.120. The van der Waals surface area contributed by atoms with Crippen LogP contribution in [0.15, 0.2) is 77.7 Å². The quantitative estimate of drug-likeness (QED) is 0.325. The molecule has 1 heterocycles. The Balaban J connectivity index is 1.53. The molecular weight excluding hydrogens is 445 g/mol. The lowest BCUT2D eigenvalue weighted by atomic mass is 10.1. The largest absolute Gasteiger partial charge is 0.493 e. The van der Waals surface area contributed by atoms with Gasteiger partial charge in [0.1, 0.15) is 16.7 Å². The fourth-order valence-electron chi connectivity index (χ4n) is 3.22. The first-order valence-corrected chi connectivity index (χ1v) is 11.1. The van der Waals surface area contributed by atoms with Gasteiger partial charge in [0.25, 0.3) is 5.91 Å². The maximum Gasteiger partial charge on any atom is 0.266 e. The summed E-state index contributed by atoms with van der Waals surface area (Å²) in [5.74, 6) is 0.526. The molecule has 1 amide bonds. The highest BCUT2D eigenvalue weighted by Crippen LogP contribution is 2.35. The number of rotatable bonds is 7. The molecular formula is C25H20FNO3S2. The van der Waals surface area contributed by atoms with Crippen LogP contribution >= 0.6 is 24.0 Å². The van der Waals surface area contributed by atoms with E-state index >= 15 is 0 Å². The van der Waals surface area contributed by atoms with Gasteiger partial charge >= 0.3 is 0 Å². The molecule has 7 heteroatoms. The average Bonchev–Trinajstić information content (AvgIpc) is 3.06. The standard InChI is InChI=1S/C25H20FNO3S2/c1-29-21-12-11-18(13-22(21)30-16-19-9-5-6-10-20(19)26)14-23-24(28)27(25(31)32-23)15-17-7-3-2-4-8-17/h2-14H,15-16H2,1H3/b23-14+. The highest BCUT2D eigenvalue weighted by Gasteiger charge is 2.32. The summed E-state index contributed by atoms with van der Waals surface area (Å²) >= 11 is 6.70. The molecule has 4 rings (SSSR count). The Kier molecular flexibility index (Phi) is 6.87. The zero-order valence-corrected chi connectivity index (χ0v) is 18.9. The lowest BCUT2D eigenvalue weighted by Gasteiger charge is -2.14. The third kappa shape index (κ3) is 5.00. The molecule has 0 N–H and O–H groups in total. The molecule has 0 unspecified atom stereocenters. The van der Waals surface area contributed by atoms with Gasteiger partial charge in [-0.2, -0.15) is 0 Å². The molecule has 1 saturated heterocycles. The Morgan fingerprint density at radius 2 is 1.78 bits per heavy atom. The number of thioether (sulfide) groups is 1. The van der Waals surface area contributed by atoms with Crippen molar-refractivity contribution in [3.05, 3.63) is 100 Å². The van der Waals surface area contributed by atoms with Crippen molar-refractivity contribution >= 4 is 40.3 Å². The van der Waals surface area contributed by atoms with Crippen LogP contribution < -0.4 is 9.47 Å². The summed E-state index contributed by atoms with van der Waals surface area (Å²) in [5, 5.41) is 0. The van der Waals surface area contributed by atoms with Crippen molar-refractivity contribution in [1.82, 2.24) is 4.90 Å². The van der Waals surface area contributed by atoms with Gasteiger partial charge in [-0.05, 0) is 35.4 Å². The summed E-state index contributed by atoms with van der Waals surface area (Å²) in [6, 6.07) is 21.5. The number of thiocarbonyl (C=S) groups is 1. The number of carbonyl (C=O) groups is 1. The summed E-state index contributed by atoms with van der Waals surface area (Å²) in [5.41, 5.74) is 2.22. The molecule has 0 aromatic heterocycles. The van der Waals surface area contributed by atoms with Crippen molar-refractivity contribution in [2.45, 2.75) is 13.2 Å². The van der Waals surface area contributed by atoms with Crippen LogP contribution in [0.5, 0.6) is 11.5 Å². The fourth-order valence-corrected chi connectivity index (χ4v) is 4.48. The highest BCUT2D eigenvalue weighted by atomic mass is 32.2. The van der Waals surface area contributed by atoms with E-state index in [1.165, 1.54) is 17.8 Å². The number of hydrogen-bond acceptors (Lipinski definition) is 5. The molecule has 162 valence electrons. The van der Waals surface area contributed by atoms with Gasteiger partial charge in [-0.1, -0.05) is 78.6 Å². The molecule has 4 nitrogen and oxygen atoms in total. The molecule has 3 aromatic carbocycles. The second kappa shape index (κ2) is 9.97. The number of hydrogen-bond donors (Lipinski definition) is 0. The van der Waals surface area contributed by atoms with Crippen molar-refractivity contribution in [3.8, 4) is 11.5 Å². The summed E-state index contributed by atoms with van der Waals surface area (Å²) in [6.07, 6.45) is 1.78. The Morgan fingerprint density at radius 1 is 1.03 bits per heavy atom. The SMILES string of the molecule is COc1ccc(/C=C2/SC(=S)N(Cc3ccccc3)C2=O)cc1OCc1ccccc1F. The van der Waals surface area contributed by atoms with Crippen molar-refractivity contribution in [2.75, 3.05) is 7.11 Å². The van der Waals surface area contributed by atoms with Gasteiger partial charge in [0, 0.05) is 5.56 Å². The molecule has 0 radical (unpaired) electrons. The Labute approximate surface area is 195 Å². The zero-order chi connectivity index (χ0) is 22.5. The number of amides is 1. The van der Waals surface area contributed by atoms with Crippen molar-refractivity contribution < 1.29 is 18.7 Å². The summed E-state index contributed by atoms with van der Waals surface area (Å²) < 4.78 is 25.6. The second-order valence-corrected chi connectivity index (χ2v) is 8.72. The third-order valence-corrected chi connectivity index (χ3v) is 6.26. The maximum atomic E-state index is 13.9. The van der Waals surface area contributed by atoms with Crippen LogP contribution in [0.4, 0.5) is 4.39 Å². The summed E-state index contributed by atoms with van der Waals surface area (Å²) in [6.45, 7) is 0.494. The number of methoxy groups -OCH3 is 1. The molecule has 0 bridgehead atoms. The van der Waals surface area contributed by atoms with E-state index in [4.69, 9.17) is 21.7 Å². The number of carbonyl (C=O) groups excluding carboxylic acids is 1. The van der Waals surface area contributed by atoms with Gasteiger partial charge in [0.15, 0.2) is 11.5 Å². The van der Waals surface area contributed by atoms with E-state index in [0.29, 0.717) is 32.8 Å². The molecule has 3 aromatic rings. The highest BCUT2D eigenvalue weighted by molar-refractivity contribution is 8.26. The van der Waals surface area contributed by atoms with E-state index in [-0.39, 0.29) is 18.3 Å². The topological polar surface area (TPSA) is 38.8 Å². The monoisotopic (exact) mass is 465 g/mol. The van der Waals surface area contributed by atoms with E-state index in [0.717, 1.165) is 11.1 Å². The summed E-state index contributed by atoms with van der Waals surface area (Å²) in [4.78, 5) is 15.1. The molecule has 0 spiro atoms. The lowest BCUT2D eigenvalue weighted by Crippen LogP contribution is -2.27. The summed E-state index contributed by atoms with van der Waals surface area (Å²) in [7, 11) is 1.54. The minimum atomic E-state index is -0.329. The maximum absolute atomic E-state index is 13.9. The normalized spacial score (nSPS) is 14.8. The van der Waals surface area contributed by atoms with Gasteiger partial charge in [0.2, 0.25) is 0 Å². The molecule has 0 atom stereocenters. The van der Waals surface area contributed by atoms with E-state index in [2.05, 4.69) is 0 Å². The van der Waals surface area contributed by atoms with E-state index < -0.39 is 0 Å². The smallest absolute Gasteiger partial charge is 0.266 e. The van der Waals surface area contributed by atoms with E-state index in [1.807, 2.05) is 36.4 Å². The van der Waals surface area contributed by atoms with Crippen molar-refractivity contribution in [3.63, 3.8) is 0 Å². The van der Waals surface area contributed by atoms with Crippen LogP contribution in [0.1, 0.15) is 16.7 Å². The van der Waals surface area contributed by atoms with Gasteiger partial charge in [-0.25, -0.2) is 4.39 Å². The van der Waals surface area contributed by atoms with Crippen LogP contribution in [0, 0.1) is 5.82 Å². The van der Waals surface area contributed by atoms with Gasteiger partial charge in [-0.3, -0.25) is 9.69 Å². The van der Waals surface area contributed by atoms with E-state index in [1.54, 1.807) is 48.4 Å². The second-order valence-electron chi connectivity index (χ2n) is 7.04. The van der Waals surface area contributed by atoms with Crippen LogP contribution in [0.25, 0.3) is 6.08 Å². The molecule has 0 aliphatic carbocycles. The van der Waals surface area contributed by atoms with Gasteiger partial charge < -0.3 is 9.47 Å². The molecule has 32 heavy (non-hydrogen) atoms. The van der Waals surface area contributed by atoms with Crippen molar-refractivity contribution in [2.24, 2.45) is 0 Å². The third-order valence-electron chi connectivity index (χ3n) is 4.88. The van der Waals surface area contributed by atoms with Crippen LogP contribution in [0.3, 0.4) is 0 Å². The van der Waals surface area contributed by atoms with Gasteiger partial charge in [-0.15, -0.1) is 0 Å². The van der Waals surface area contributed by atoms with E-state index in [9.17, 15) is 9.18 Å². The van der Waals surface area contributed by atoms with Crippen molar-refractivity contribution in [1.29, 1.82) is 0 Å². The zero-order valence-electron chi connectivity index (χ0n) is 17.3. The Hall–Kier alpha value is -3.16. The number of benzene rings is 3. The number of ether oxygens (including phenoxy) is 2. The van der Waals surface area contributed by atoms with Crippen LogP contribution in [-0.4, -0.2) is 22.2 Å². The lowest BCUT2D eigenvalue weighted by molar-refractivity contribution is -0.122. The molecule has 1 aliphatic heterocycles. The first-order chi connectivity index (χ1) is 15.5. The number of nitrogens with zero attached hydrogens (tertiary/aromatic N) is 1. The van der Waals surface area contributed by atoms with Crippen LogP contribution in [-0.2, 0) is 17.9 Å². The average molecular weight is 466 g/mol. The van der Waals surface area contributed by atoms with Gasteiger partial charge in [0.05, 0.1) is 18.6 Å². The Bertz CT molecular complexity index is 1180. The first kappa shape index (κ1) is 22.0. The molecule has 0 saturated carbocycles. The minimum absolute atomic E-state index is 0.0612. The minimum Gasteiger partial charge on any atom is -0.493 e. The Morgan fingerprint density at radius 3 is 2.53 bits per heavy atom. The molecule has 1 fully saturated rings.